The first-order chi connectivity index (χ1) is 8.02. The van der Waals surface area contributed by atoms with Crippen molar-refractivity contribution in [1.29, 1.82) is 0 Å². The van der Waals surface area contributed by atoms with Crippen LogP contribution in [0, 0.1) is 0 Å². The number of likely N-dealkylation sites (N-methyl/N-ethyl adjacent to an activating group) is 1. The SMILES string of the molecule is CCNc1nc(Cl)nc(NCC(C)N(C)C)n1. The van der Waals surface area contributed by atoms with Crippen molar-refractivity contribution in [3.05, 3.63) is 5.28 Å². The highest BCUT2D eigenvalue weighted by molar-refractivity contribution is 6.28. The van der Waals surface area contributed by atoms with Gasteiger partial charge in [-0.05, 0) is 39.5 Å². The largest absolute Gasteiger partial charge is 0.354 e. The van der Waals surface area contributed by atoms with E-state index in [1.54, 1.807) is 0 Å². The minimum absolute atomic E-state index is 0.191. The van der Waals surface area contributed by atoms with Crippen molar-refractivity contribution >= 4 is 23.5 Å². The molecule has 96 valence electrons. The molecule has 1 unspecified atom stereocenters. The van der Waals surface area contributed by atoms with Crippen LogP contribution in [-0.4, -0.2) is 53.1 Å². The third kappa shape index (κ3) is 4.70. The second kappa shape index (κ2) is 6.56. The van der Waals surface area contributed by atoms with Gasteiger partial charge in [-0.3, -0.25) is 0 Å². The predicted octanol–water partition coefficient (Wildman–Crippen LogP) is 1.32. The van der Waals surface area contributed by atoms with Crippen molar-refractivity contribution in [2.45, 2.75) is 19.9 Å². The first-order valence-corrected chi connectivity index (χ1v) is 5.96. The number of aromatic nitrogens is 3. The Kier molecular flexibility index (Phi) is 5.37. The number of rotatable bonds is 6. The van der Waals surface area contributed by atoms with Gasteiger partial charge in [0, 0.05) is 19.1 Å². The van der Waals surface area contributed by atoms with E-state index < -0.39 is 0 Å². The summed E-state index contributed by atoms with van der Waals surface area (Å²) in [6.07, 6.45) is 0. The fourth-order valence-electron chi connectivity index (χ4n) is 1.09. The molecule has 0 aromatic carbocycles. The third-order valence-corrected chi connectivity index (χ3v) is 2.55. The Balaban J connectivity index is 2.64. The van der Waals surface area contributed by atoms with Gasteiger partial charge in [-0.25, -0.2) is 0 Å². The van der Waals surface area contributed by atoms with E-state index >= 15 is 0 Å². The fourth-order valence-corrected chi connectivity index (χ4v) is 1.25. The molecule has 1 rings (SSSR count). The molecule has 6 nitrogen and oxygen atoms in total. The molecule has 2 N–H and O–H groups in total. The first kappa shape index (κ1) is 13.9. The van der Waals surface area contributed by atoms with Gasteiger partial charge in [-0.15, -0.1) is 0 Å². The predicted molar refractivity (Wildman–Crippen MR) is 70.6 cm³/mol. The van der Waals surface area contributed by atoms with Crippen molar-refractivity contribution in [3.8, 4) is 0 Å². The monoisotopic (exact) mass is 258 g/mol. The van der Waals surface area contributed by atoms with Crippen molar-refractivity contribution in [2.24, 2.45) is 0 Å². The minimum Gasteiger partial charge on any atom is -0.354 e. The molecule has 0 spiro atoms. The van der Waals surface area contributed by atoms with Crippen molar-refractivity contribution < 1.29 is 0 Å². The lowest BCUT2D eigenvalue weighted by Gasteiger charge is -2.19. The van der Waals surface area contributed by atoms with Crippen LogP contribution in [-0.2, 0) is 0 Å². The van der Waals surface area contributed by atoms with Crippen LogP contribution in [0.2, 0.25) is 5.28 Å². The minimum atomic E-state index is 0.191. The summed E-state index contributed by atoms with van der Waals surface area (Å²) >= 11 is 5.81. The average molecular weight is 259 g/mol. The fraction of sp³-hybridized carbons (Fsp3) is 0.700. The number of nitrogens with zero attached hydrogens (tertiary/aromatic N) is 4. The molecular weight excluding hydrogens is 240 g/mol. The van der Waals surface area contributed by atoms with E-state index in [2.05, 4.69) is 37.4 Å². The van der Waals surface area contributed by atoms with Crippen molar-refractivity contribution in [3.63, 3.8) is 0 Å². The molecular formula is C10H19ClN6. The Hall–Kier alpha value is -1.14. The van der Waals surface area contributed by atoms with Gasteiger partial charge in [0.2, 0.25) is 17.2 Å². The summed E-state index contributed by atoms with van der Waals surface area (Å²) in [6.45, 7) is 5.58. The van der Waals surface area contributed by atoms with E-state index in [0.717, 1.165) is 13.1 Å². The summed E-state index contributed by atoms with van der Waals surface area (Å²) in [5.74, 6) is 0.988. The molecule has 0 aliphatic heterocycles. The van der Waals surface area contributed by atoms with Gasteiger partial charge in [0.05, 0.1) is 0 Å². The summed E-state index contributed by atoms with van der Waals surface area (Å²) in [6, 6.07) is 0.383. The summed E-state index contributed by atoms with van der Waals surface area (Å²) < 4.78 is 0. The molecule has 7 heteroatoms. The van der Waals surface area contributed by atoms with Gasteiger partial charge >= 0.3 is 0 Å². The molecule has 0 saturated carbocycles. The lowest BCUT2D eigenvalue weighted by molar-refractivity contribution is 0.325. The van der Waals surface area contributed by atoms with E-state index in [4.69, 9.17) is 11.6 Å². The van der Waals surface area contributed by atoms with Crippen LogP contribution < -0.4 is 10.6 Å². The maximum absolute atomic E-state index is 5.81. The Morgan fingerprint density at radius 1 is 1.18 bits per heavy atom. The van der Waals surface area contributed by atoms with E-state index in [9.17, 15) is 0 Å². The number of hydrogen-bond acceptors (Lipinski definition) is 6. The molecule has 1 aromatic rings. The highest BCUT2D eigenvalue weighted by atomic mass is 35.5. The zero-order chi connectivity index (χ0) is 12.8. The molecule has 1 heterocycles. The van der Waals surface area contributed by atoms with Gasteiger partial charge in [-0.2, -0.15) is 15.0 Å². The van der Waals surface area contributed by atoms with E-state index in [1.165, 1.54) is 0 Å². The molecule has 0 aliphatic carbocycles. The Morgan fingerprint density at radius 3 is 2.29 bits per heavy atom. The summed E-state index contributed by atoms with van der Waals surface area (Å²) in [5, 5.41) is 6.33. The van der Waals surface area contributed by atoms with Crippen LogP contribution in [0.1, 0.15) is 13.8 Å². The maximum atomic E-state index is 5.81. The highest BCUT2D eigenvalue weighted by Gasteiger charge is 2.07. The molecule has 0 aliphatic rings. The molecule has 0 radical (unpaired) electrons. The summed E-state index contributed by atoms with van der Waals surface area (Å²) in [5.41, 5.74) is 0. The van der Waals surface area contributed by atoms with Crippen LogP contribution in [0.25, 0.3) is 0 Å². The van der Waals surface area contributed by atoms with Gasteiger partial charge in [0.15, 0.2) is 0 Å². The van der Waals surface area contributed by atoms with Gasteiger partial charge in [0.25, 0.3) is 0 Å². The van der Waals surface area contributed by atoms with Gasteiger partial charge in [0.1, 0.15) is 0 Å². The number of nitrogens with one attached hydrogen (secondary N) is 2. The van der Waals surface area contributed by atoms with Crippen molar-refractivity contribution in [1.82, 2.24) is 19.9 Å². The van der Waals surface area contributed by atoms with E-state index in [1.807, 2.05) is 21.0 Å². The quantitative estimate of drug-likeness (QED) is 0.802. The average Bonchev–Trinajstić information content (AvgIpc) is 2.25. The smallest absolute Gasteiger partial charge is 0.228 e. The second-order valence-corrected chi connectivity index (χ2v) is 4.31. The molecule has 0 saturated heterocycles. The van der Waals surface area contributed by atoms with Crippen LogP contribution in [0.3, 0.4) is 0 Å². The van der Waals surface area contributed by atoms with Gasteiger partial charge in [-0.1, -0.05) is 0 Å². The normalized spacial score (nSPS) is 12.6. The Morgan fingerprint density at radius 2 is 1.76 bits per heavy atom. The van der Waals surface area contributed by atoms with E-state index in [0.29, 0.717) is 17.9 Å². The number of anilines is 2. The second-order valence-electron chi connectivity index (χ2n) is 3.98. The standard InChI is InChI=1S/C10H19ClN6/c1-5-12-9-14-8(11)15-10(16-9)13-6-7(2)17(3)4/h7H,5-6H2,1-4H3,(H2,12,13,14,15,16). The van der Waals surface area contributed by atoms with Crippen LogP contribution in [0.5, 0.6) is 0 Å². The zero-order valence-corrected chi connectivity index (χ0v) is 11.4. The Labute approximate surface area is 107 Å². The van der Waals surface area contributed by atoms with E-state index in [-0.39, 0.29) is 5.28 Å². The van der Waals surface area contributed by atoms with Crippen LogP contribution in [0.15, 0.2) is 0 Å². The van der Waals surface area contributed by atoms with Crippen LogP contribution in [0.4, 0.5) is 11.9 Å². The molecule has 17 heavy (non-hydrogen) atoms. The number of hydrogen-bond donors (Lipinski definition) is 2. The highest BCUT2D eigenvalue weighted by Crippen LogP contribution is 2.09. The van der Waals surface area contributed by atoms with Gasteiger partial charge < -0.3 is 15.5 Å². The molecule has 0 fully saturated rings. The maximum Gasteiger partial charge on any atom is 0.228 e. The zero-order valence-electron chi connectivity index (χ0n) is 10.7. The summed E-state index contributed by atoms with van der Waals surface area (Å²) in [4.78, 5) is 14.3. The topological polar surface area (TPSA) is 66.0 Å². The molecule has 0 amide bonds. The first-order valence-electron chi connectivity index (χ1n) is 5.58. The lowest BCUT2D eigenvalue weighted by atomic mass is 10.3. The molecule has 1 atom stereocenters. The van der Waals surface area contributed by atoms with Crippen LogP contribution >= 0.6 is 11.6 Å². The number of halogens is 1. The lowest BCUT2D eigenvalue weighted by Crippen LogP contribution is -2.32. The summed E-state index contributed by atoms with van der Waals surface area (Å²) in [7, 11) is 4.05. The Bertz CT molecular complexity index is 357. The third-order valence-electron chi connectivity index (χ3n) is 2.38. The molecule has 0 bridgehead atoms. The van der Waals surface area contributed by atoms with Crippen molar-refractivity contribution in [2.75, 3.05) is 37.8 Å². The molecule has 1 aromatic heterocycles.